The standard InChI is InChI=1S/C21H19FO7/c1-20(18(24)25)9-8-15(21(28,11-20)19(26)27)17(23)16-7-6-14(29-16)10-12-2-4-13(22)5-3-12/h2-9,15,28H,10-11H2,1H3,(H,24,25)(H,26,27). The van der Waals surface area contributed by atoms with Crippen molar-refractivity contribution in [2.75, 3.05) is 0 Å². The van der Waals surface area contributed by atoms with Crippen LogP contribution in [0.1, 0.15) is 35.2 Å². The van der Waals surface area contributed by atoms with Crippen LogP contribution in [0.5, 0.6) is 0 Å². The zero-order valence-corrected chi connectivity index (χ0v) is 15.5. The van der Waals surface area contributed by atoms with E-state index >= 15 is 0 Å². The van der Waals surface area contributed by atoms with Gasteiger partial charge in [-0.2, -0.15) is 0 Å². The monoisotopic (exact) mass is 402 g/mol. The predicted octanol–water partition coefficient (Wildman–Crippen LogP) is 2.67. The van der Waals surface area contributed by atoms with Crippen molar-refractivity contribution in [1.29, 1.82) is 0 Å². The third-order valence-electron chi connectivity index (χ3n) is 5.15. The highest BCUT2D eigenvalue weighted by atomic mass is 19.1. The minimum atomic E-state index is -2.59. The van der Waals surface area contributed by atoms with E-state index in [4.69, 9.17) is 4.42 Å². The van der Waals surface area contributed by atoms with Gasteiger partial charge in [-0.25, -0.2) is 9.18 Å². The number of carboxylic acid groups (broad SMARTS) is 2. The molecule has 0 spiro atoms. The molecule has 1 aliphatic carbocycles. The minimum absolute atomic E-state index is 0.157. The first-order chi connectivity index (χ1) is 13.5. The minimum Gasteiger partial charge on any atom is -0.481 e. The van der Waals surface area contributed by atoms with Crippen LogP contribution in [0.4, 0.5) is 4.39 Å². The van der Waals surface area contributed by atoms with E-state index in [9.17, 15) is 34.1 Å². The lowest BCUT2D eigenvalue weighted by Crippen LogP contribution is -2.54. The summed E-state index contributed by atoms with van der Waals surface area (Å²) in [4.78, 5) is 36.0. The molecule has 7 nitrogen and oxygen atoms in total. The summed E-state index contributed by atoms with van der Waals surface area (Å²) in [7, 11) is 0. The van der Waals surface area contributed by atoms with Crippen LogP contribution < -0.4 is 0 Å². The number of rotatable bonds is 6. The first kappa shape index (κ1) is 20.5. The summed E-state index contributed by atoms with van der Waals surface area (Å²) in [5.41, 5.74) is -3.47. The van der Waals surface area contributed by atoms with Gasteiger partial charge in [0.05, 0.1) is 11.3 Å². The van der Waals surface area contributed by atoms with Crippen molar-refractivity contribution in [2.24, 2.45) is 11.3 Å². The zero-order chi connectivity index (χ0) is 21.4. The number of furan rings is 1. The van der Waals surface area contributed by atoms with E-state index in [0.717, 1.165) is 11.6 Å². The zero-order valence-electron chi connectivity index (χ0n) is 15.5. The molecule has 1 heterocycles. The van der Waals surface area contributed by atoms with Gasteiger partial charge < -0.3 is 19.7 Å². The summed E-state index contributed by atoms with van der Waals surface area (Å²) < 4.78 is 18.5. The number of carboxylic acids is 2. The number of carbonyl (C=O) groups is 3. The highest BCUT2D eigenvalue weighted by Crippen LogP contribution is 2.42. The van der Waals surface area contributed by atoms with Gasteiger partial charge in [0, 0.05) is 12.8 Å². The normalized spacial score (nSPS) is 26.2. The van der Waals surface area contributed by atoms with Gasteiger partial charge in [-0.1, -0.05) is 24.3 Å². The SMILES string of the molecule is CC1(C(=O)O)C=CC(C(=O)c2ccc(Cc3ccc(F)cc3)o2)C(O)(C(=O)O)C1. The van der Waals surface area contributed by atoms with E-state index < -0.39 is 41.1 Å². The van der Waals surface area contributed by atoms with Gasteiger partial charge in [0.15, 0.2) is 11.4 Å². The van der Waals surface area contributed by atoms with Crippen LogP contribution in [0.2, 0.25) is 0 Å². The first-order valence-electron chi connectivity index (χ1n) is 8.81. The van der Waals surface area contributed by atoms with Crippen LogP contribution in [-0.2, 0) is 16.0 Å². The number of hydrogen-bond donors (Lipinski definition) is 3. The molecule has 0 radical (unpaired) electrons. The van der Waals surface area contributed by atoms with Crippen molar-refractivity contribution >= 4 is 17.7 Å². The molecule has 152 valence electrons. The van der Waals surface area contributed by atoms with Crippen LogP contribution >= 0.6 is 0 Å². The number of halogens is 1. The Bertz CT molecular complexity index is 991. The molecule has 1 aliphatic rings. The second kappa shape index (κ2) is 7.29. The molecule has 1 aromatic heterocycles. The largest absolute Gasteiger partial charge is 0.481 e. The third kappa shape index (κ3) is 3.84. The maximum Gasteiger partial charge on any atom is 0.336 e. The Kier molecular flexibility index (Phi) is 5.15. The lowest BCUT2D eigenvalue weighted by Gasteiger charge is -2.38. The second-order valence-electron chi connectivity index (χ2n) is 7.40. The van der Waals surface area contributed by atoms with Crippen LogP contribution in [0.3, 0.4) is 0 Å². The molecule has 3 atom stereocenters. The van der Waals surface area contributed by atoms with Crippen molar-refractivity contribution in [3.05, 3.63) is 71.5 Å². The van der Waals surface area contributed by atoms with Gasteiger partial charge in [-0.15, -0.1) is 0 Å². The first-order valence-corrected chi connectivity index (χ1v) is 8.81. The molecule has 0 aliphatic heterocycles. The smallest absolute Gasteiger partial charge is 0.336 e. The molecule has 0 saturated carbocycles. The molecule has 8 heteroatoms. The predicted molar refractivity (Wildman–Crippen MR) is 97.8 cm³/mol. The molecule has 3 N–H and O–H groups in total. The van der Waals surface area contributed by atoms with Gasteiger partial charge >= 0.3 is 11.9 Å². The highest BCUT2D eigenvalue weighted by molar-refractivity contribution is 6.01. The molecule has 0 amide bonds. The van der Waals surface area contributed by atoms with Gasteiger partial charge in [0.1, 0.15) is 11.6 Å². The fourth-order valence-corrected chi connectivity index (χ4v) is 3.42. The molecule has 0 bridgehead atoms. The van der Waals surface area contributed by atoms with Crippen LogP contribution in [-0.4, -0.2) is 38.6 Å². The van der Waals surface area contributed by atoms with Gasteiger partial charge in [0.2, 0.25) is 5.78 Å². The van der Waals surface area contributed by atoms with Crippen LogP contribution in [0, 0.1) is 17.2 Å². The number of aliphatic hydroxyl groups is 1. The third-order valence-corrected chi connectivity index (χ3v) is 5.15. The van der Waals surface area contributed by atoms with Crippen LogP contribution in [0.25, 0.3) is 0 Å². The Balaban J connectivity index is 1.87. The lowest BCUT2D eigenvalue weighted by molar-refractivity contribution is -0.169. The van der Waals surface area contributed by atoms with Crippen molar-refractivity contribution in [2.45, 2.75) is 25.4 Å². The average molecular weight is 402 g/mol. The summed E-state index contributed by atoms with van der Waals surface area (Å²) in [6.07, 6.45) is 1.95. The van der Waals surface area contributed by atoms with E-state index in [1.165, 1.54) is 37.3 Å². The molecule has 1 aromatic carbocycles. The quantitative estimate of drug-likeness (QED) is 0.501. The Labute approximate surface area is 165 Å². The number of aliphatic carboxylic acids is 2. The molecule has 0 fully saturated rings. The van der Waals surface area contributed by atoms with E-state index in [1.807, 2.05) is 0 Å². The number of benzene rings is 1. The average Bonchev–Trinajstić information content (AvgIpc) is 3.11. The van der Waals surface area contributed by atoms with Crippen molar-refractivity contribution in [3.8, 4) is 0 Å². The van der Waals surface area contributed by atoms with E-state index in [2.05, 4.69) is 0 Å². The molecule has 2 aromatic rings. The molecule has 3 unspecified atom stereocenters. The fraction of sp³-hybridized carbons (Fsp3) is 0.286. The number of hydrogen-bond acceptors (Lipinski definition) is 5. The van der Waals surface area contributed by atoms with E-state index in [1.54, 1.807) is 12.1 Å². The van der Waals surface area contributed by atoms with Crippen molar-refractivity contribution < 1.29 is 38.5 Å². The molecule has 29 heavy (non-hydrogen) atoms. The highest BCUT2D eigenvalue weighted by Gasteiger charge is 2.55. The van der Waals surface area contributed by atoms with Crippen molar-refractivity contribution in [1.82, 2.24) is 0 Å². The summed E-state index contributed by atoms with van der Waals surface area (Å²) in [6, 6.07) is 8.62. The topological polar surface area (TPSA) is 125 Å². The Hall–Kier alpha value is -3.26. The number of Topliss-reactive ketones (excluding diaryl/α,β-unsaturated/α-hetero) is 1. The summed E-state index contributed by atoms with van der Waals surface area (Å²) in [5, 5.41) is 29.5. The van der Waals surface area contributed by atoms with Crippen molar-refractivity contribution in [3.63, 3.8) is 0 Å². The molecule has 0 saturated heterocycles. The van der Waals surface area contributed by atoms with E-state index in [0.29, 0.717) is 5.76 Å². The molecular formula is C21H19FO7. The van der Waals surface area contributed by atoms with Gasteiger partial charge in [-0.3, -0.25) is 9.59 Å². The van der Waals surface area contributed by atoms with Gasteiger partial charge in [-0.05, 0) is 36.8 Å². The molecule has 3 rings (SSSR count). The van der Waals surface area contributed by atoms with Gasteiger partial charge in [0.25, 0.3) is 0 Å². The van der Waals surface area contributed by atoms with E-state index in [-0.39, 0.29) is 18.0 Å². The fourth-order valence-electron chi connectivity index (χ4n) is 3.42. The van der Waals surface area contributed by atoms with Crippen LogP contribution in [0.15, 0.2) is 53.0 Å². The maximum absolute atomic E-state index is 13.0. The number of ketones is 1. The Morgan fingerprint density at radius 3 is 2.34 bits per heavy atom. The maximum atomic E-state index is 13.0. The summed E-state index contributed by atoms with van der Waals surface area (Å²) >= 11 is 0. The lowest BCUT2D eigenvalue weighted by atomic mass is 9.66. The number of carbonyl (C=O) groups excluding carboxylic acids is 1. The Morgan fingerprint density at radius 1 is 1.10 bits per heavy atom. The Morgan fingerprint density at radius 2 is 1.76 bits per heavy atom. The second-order valence-corrected chi connectivity index (χ2v) is 7.40. The summed E-state index contributed by atoms with van der Waals surface area (Å²) in [6.45, 7) is 1.27. The molecular weight excluding hydrogens is 383 g/mol. The summed E-state index contributed by atoms with van der Waals surface area (Å²) in [5.74, 6) is -5.41.